The number of hydrogen-bond donors (Lipinski definition) is 1. The van der Waals surface area contributed by atoms with E-state index in [1.54, 1.807) is 17.8 Å². The molecule has 0 saturated carbocycles. The molecule has 5 rings (SSSR count). The van der Waals surface area contributed by atoms with Crippen molar-refractivity contribution in [2.75, 3.05) is 26.2 Å². The predicted molar refractivity (Wildman–Crippen MR) is 142 cm³/mol. The zero-order valence-electron chi connectivity index (χ0n) is 20.7. The van der Waals surface area contributed by atoms with Crippen molar-refractivity contribution in [3.05, 3.63) is 59.9 Å². The number of likely N-dealkylation sites (tertiary alicyclic amines) is 1. The molecular weight excluding hydrogens is 459 g/mol. The number of nitrogens with zero attached hydrogens (tertiary/aromatic N) is 5. The molecule has 4 aromatic rings. The average molecular weight is 493 g/mol. The number of para-hydroxylation sites is 1. The third-order valence-electron chi connectivity index (χ3n) is 6.57. The third-order valence-corrected chi connectivity index (χ3v) is 7.52. The Morgan fingerprint density at radius 3 is 2.57 bits per heavy atom. The van der Waals surface area contributed by atoms with E-state index in [2.05, 4.69) is 55.5 Å². The Labute approximate surface area is 210 Å². The molecule has 0 radical (unpaired) electrons. The van der Waals surface area contributed by atoms with Crippen molar-refractivity contribution in [2.45, 2.75) is 43.6 Å². The van der Waals surface area contributed by atoms with E-state index < -0.39 is 0 Å². The highest BCUT2D eigenvalue weighted by molar-refractivity contribution is 7.99. The molecule has 1 fully saturated rings. The lowest BCUT2D eigenvalue weighted by Gasteiger charge is -2.16. The molecule has 35 heavy (non-hydrogen) atoms. The lowest BCUT2D eigenvalue weighted by molar-refractivity contribution is 0.336. The molecule has 3 heterocycles. The number of nitrogens with one attached hydrogen (secondary N) is 1. The summed E-state index contributed by atoms with van der Waals surface area (Å²) in [4.78, 5) is 2.50. The molecule has 8 heteroatoms. The van der Waals surface area contributed by atoms with Crippen molar-refractivity contribution in [1.82, 2.24) is 29.5 Å². The highest BCUT2D eigenvalue weighted by Crippen LogP contribution is 2.36. The highest BCUT2D eigenvalue weighted by atomic mass is 32.2. The third kappa shape index (κ3) is 5.01. The number of fused-ring (bicyclic) bond motifs is 1. The van der Waals surface area contributed by atoms with Crippen molar-refractivity contribution in [1.29, 1.82) is 0 Å². The van der Waals surface area contributed by atoms with Crippen LogP contribution in [0, 0.1) is 5.82 Å². The smallest absolute Gasteiger partial charge is 0.196 e. The Morgan fingerprint density at radius 2 is 1.83 bits per heavy atom. The lowest BCUT2D eigenvalue weighted by atomic mass is 10.1. The quantitative estimate of drug-likeness (QED) is 0.255. The van der Waals surface area contributed by atoms with Crippen LogP contribution in [0.25, 0.3) is 28.1 Å². The van der Waals surface area contributed by atoms with Crippen LogP contribution in [0.5, 0.6) is 0 Å². The predicted octanol–water partition coefficient (Wildman–Crippen LogP) is 5.25. The van der Waals surface area contributed by atoms with Crippen molar-refractivity contribution < 1.29 is 4.39 Å². The first-order valence-corrected chi connectivity index (χ1v) is 13.3. The molecule has 0 atom stereocenters. The van der Waals surface area contributed by atoms with Gasteiger partial charge in [-0.05, 0) is 56.3 Å². The van der Waals surface area contributed by atoms with Crippen LogP contribution in [0.4, 0.5) is 4.39 Å². The summed E-state index contributed by atoms with van der Waals surface area (Å²) in [5, 5.41) is 15.0. The van der Waals surface area contributed by atoms with E-state index in [-0.39, 0.29) is 5.82 Å². The molecule has 0 unspecified atom stereocenters. The molecule has 1 aliphatic rings. The Bertz CT molecular complexity index is 1290. The van der Waals surface area contributed by atoms with Crippen LogP contribution in [0.1, 0.15) is 32.3 Å². The van der Waals surface area contributed by atoms with Gasteiger partial charge in [-0.1, -0.05) is 43.8 Å². The largest absolute Gasteiger partial charge is 0.341 e. The minimum Gasteiger partial charge on any atom is -0.341 e. The first-order chi connectivity index (χ1) is 17.0. The molecule has 0 aliphatic carbocycles. The van der Waals surface area contributed by atoms with Gasteiger partial charge in [0.25, 0.3) is 0 Å². The first-order valence-electron chi connectivity index (χ1n) is 12.4. The molecule has 184 valence electrons. The summed E-state index contributed by atoms with van der Waals surface area (Å²) in [5.41, 5.74) is 4.01. The van der Waals surface area contributed by atoms with Gasteiger partial charge in [0.2, 0.25) is 0 Å². The van der Waals surface area contributed by atoms with Crippen LogP contribution >= 0.6 is 11.8 Å². The number of aromatic nitrogens is 4. The number of halogens is 1. The van der Waals surface area contributed by atoms with Crippen molar-refractivity contribution >= 4 is 22.7 Å². The van der Waals surface area contributed by atoms with Gasteiger partial charge in [0, 0.05) is 54.1 Å². The van der Waals surface area contributed by atoms with Crippen LogP contribution in [0.15, 0.2) is 53.7 Å². The fourth-order valence-corrected chi connectivity index (χ4v) is 5.74. The van der Waals surface area contributed by atoms with Crippen molar-refractivity contribution in [3.8, 4) is 17.2 Å². The van der Waals surface area contributed by atoms with Gasteiger partial charge < -0.3 is 14.8 Å². The molecule has 1 saturated heterocycles. The Morgan fingerprint density at radius 1 is 1.06 bits per heavy atom. The number of rotatable bonds is 9. The summed E-state index contributed by atoms with van der Waals surface area (Å²) in [7, 11) is 2.03. The summed E-state index contributed by atoms with van der Waals surface area (Å²) in [5.74, 6) is 0.545. The van der Waals surface area contributed by atoms with E-state index in [0.717, 1.165) is 51.9 Å². The fraction of sp³-hybridized carbons (Fsp3) is 0.407. The highest BCUT2D eigenvalue weighted by Gasteiger charge is 2.25. The number of aryl methyl sites for hydroxylation is 1. The number of benzene rings is 2. The zero-order valence-corrected chi connectivity index (χ0v) is 21.5. The van der Waals surface area contributed by atoms with Crippen molar-refractivity contribution in [3.63, 3.8) is 0 Å². The monoisotopic (exact) mass is 492 g/mol. The molecule has 0 bridgehead atoms. The van der Waals surface area contributed by atoms with Crippen LogP contribution in [-0.4, -0.2) is 55.7 Å². The van der Waals surface area contributed by atoms with Gasteiger partial charge in [0.15, 0.2) is 11.0 Å². The number of thioether (sulfide) groups is 1. The molecule has 2 aromatic carbocycles. The molecule has 0 amide bonds. The van der Waals surface area contributed by atoms with Gasteiger partial charge in [-0.2, -0.15) is 0 Å². The molecular formula is C27H33FN6S. The first kappa shape index (κ1) is 24.0. The lowest BCUT2D eigenvalue weighted by Crippen LogP contribution is -2.29. The van der Waals surface area contributed by atoms with Crippen LogP contribution < -0.4 is 5.32 Å². The summed E-state index contributed by atoms with van der Waals surface area (Å²) in [6.45, 7) is 9.24. The topological polar surface area (TPSA) is 50.9 Å². The van der Waals surface area contributed by atoms with Crippen LogP contribution in [0.3, 0.4) is 0 Å². The van der Waals surface area contributed by atoms with Gasteiger partial charge in [-0.25, -0.2) is 4.39 Å². The zero-order chi connectivity index (χ0) is 24.4. The van der Waals surface area contributed by atoms with E-state index in [9.17, 15) is 4.39 Å². The SMILES string of the molecule is CC(C)Sc1nnc(-c2c(CNCCN3CCCC3)c3cc(F)ccc3n2C)n1-c1ccccc1. The Kier molecular flexibility index (Phi) is 7.22. The molecule has 1 N–H and O–H groups in total. The average Bonchev–Trinajstić information content (AvgIpc) is 3.56. The minimum absolute atomic E-state index is 0.228. The van der Waals surface area contributed by atoms with E-state index in [1.807, 2.05) is 31.3 Å². The maximum absolute atomic E-state index is 14.4. The van der Waals surface area contributed by atoms with E-state index >= 15 is 0 Å². The molecule has 1 aliphatic heterocycles. The minimum atomic E-state index is -0.228. The summed E-state index contributed by atoms with van der Waals surface area (Å²) < 4.78 is 18.6. The van der Waals surface area contributed by atoms with Crippen LogP contribution in [-0.2, 0) is 13.6 Å². The second-order valence-corrected chi connectivity index (χ2v) is 11.0. The summed E-state index contributed by atoms with van der Waals surface area (Å²) >= 11 is 1.69. The second kappa shape index (κ2) is 10.5. The van der Waals surface area contributed by atoms with Crippen molar-refractivity contribution in [2.24, 2.45) is 7.05 Å². The van der Waals surface area contributed by atoms with E-state index in [1.165, 1.54) is 32.0 Å². The summed E-state index contributed by atoms with van der Waals surface area (Å²) in [6.07, 6.45) is 2.58. The summed E-state index contributed by atoms with van der Waals surface area (Å²) in [6, 6.07) is 15.2. The number of hydrogen-bond acceptors (Lipinski definition) is 5. The van der Waals surface area contributed by atoms with Crippen LogP contribution in [0.2, 0.25) is 0 Å². The van der Waals surface area contributed by atoms with Gasteiger partial charge >= 0.3 is 0 Å². The van der Waals surface area contributed by atoms with Gasteiger partial charge in [0.1, 0.15) is 5.82 Å². The van der Waals surface area contributed by atoms with Gasteiger partial charge in [-0.3, -0.25) is 4.57 Å². The van der Waals surface area contributed by atoms with E-state index in [4.69, 9.17) is 0 Å². The van der Waals surface area contributed by atoms with Gasteiger partial charge in [0.05, 0.1) is 5.69 Å². The molecule has 6 nitrogen and oxygen atoms in total. The van der Waals surface area contributed by atoms with Gasteiger partial charge in [-0.15, -0.1) is 10.2 Å². The Balaban J connectivity index is 1.58. The van der Waals surface area contributed by atoms with E-state index in [0.29, 0.717) is 11.8 Å². The standard InChI is InChI=1S/C27H33FN6S/c1-19(2)35-27-31-30-26(34(27)21-9-5-4-6-10-21)25-23(18-29-13-16-33-14-7-8-15-33)22-17-20(28)11-12-24(22)32(25)3/h4-6,9-12,17,19,29H,7-8,13-16,18H2,1-3H3. The molecule has 0 spiro atoms. The molecule has 2 aromatic heterocycles. The normalized spacial score (nSPS) is 14.5. The fourth-order valence-electron chi connectivity index (χ4n) is 4.93. The maximum atomic E-state index is 14.4. The second-order valence-electron chi connectivity index (χ2n) is 9.42. The Hall–Kier alpha value is -2.68. The maximum Gasteiger partial charge on any atom is 0.196 e.